The van der Waals surface area contributed by atoms with E-state index >= 15 is 0 Å². The van der Waals surface area contributed by atoms with Gasteiger partial charge >= 0.3 is 5.97 Å². The summed E-state index contributed by atoms with van der Waals surface area (Å²) < 4.78 is 16.8. The minimum absolute atomic E-state index is 0.152. The largest absolute Gasteiger partial charge is 0.493 e. The first-order valence-corrected chi connectivity index (χ1v) is 10.1. The lowest BCUT2D eigenvalue weighted by atomic mass is 10.2. The molecule has 0 spiro atoms. The predicted octanol–water partition coefficient (Wildman–Crippen LogP) is 4.25. The monoisotopic (exact) mass is 455 g/mol. The van der Waals surface area contributed by atoms with Crippen molar-refractivity contribution in [3.63, 3.8) is 0 Å². The SMILES string of the molecule is CCCOc1c(Br)cc(C=NNc2nc(CC(=O)OCC)cs2)cc1OC. The number of esters is 1. The van der Waals surface area contributed by atoms with Gasteiger partial charge in [0.15, 0.2) is 11.5 Å². The van der Waals surface area contributed by atoms with Crippen molar-refractivity contribution in [2.45, 2.75) is 26.7 Å². The quantitative estimate of drug-likeness (QED) is 0.327. The Morgan fingerprint density at radius 3 is 2.93 bits per heavy atom. The average molecular weight is 456 g/mol. The van der Waals surface area contributed by atoms with Gasteiger partial charge in [-0.05, 0) is 47.0 Å². The molecular formula is C18H22BrN3O4S. The number of carbonyl (C=O) groups is 1. The van der Waals surface area contributed by atoms with E-state index in [-0.39, 0.29) is 12.4 Å². The molecule has 0 aliphatic carbocycles. The highest BCUT2D eigenvalue weighted by atomic mass is 79.9. The number of hydrogen-bond donors (Lipinski definition) is 1. The van der Waals surface area contributed by atoms with Gasteiger partial charge in [0.05, 0.1) is 43.1 Å². The third kappa shape index (κ3) is 6.51. The fourth-order valence-corrected chi connectivity index (χ4v) is 3.35. The van der Waals surface area contributed by atoms with Gasteiger partial charge in [-0.1, -0.05) is 6.92 Å². The third-order valence-corrected chi connectivity index (χ3v) is 4.64. The van der Waals surface area contributed by atoms with E-state index in [0.29, 0.717) is 35.5 Å². The fraction of sp³-hybridized carbons (Fsp3) is 0.389. The molecule has 0 saturated heterocycles. The Morgan fingerprint density at radius 1 is 1.41 bits per heavy atom. The molecule has 2 rings (SSSR count). The van der Waals surface area contributed by atoms with Crippen LogP contribution < -0.4 is 14.9 Å². The Balaban J connectivity index is 2.01. The molecule has 1 aromatic heterocycles. The van der Waals surface area contributed by atoms with Crippen LogP contribution in [0.25, 0.3) is 0 Å². The van der Waals surface area contributed by atoms with Crippen LogP contribution in [0.1, 0.15) is 31.5 Å². The van der Waals surface area contributed by atoms with Crippen LogP contribution in [-0.4, -0.2) is 37.5 Å². The lowest BCUT2D eigenvalue weighted by Crippen LogP contribution is -2.07. The molecule has 1 heterocycles. The van der Waals surface area contributed by atoms with Gasteiger partial charge in [0.1, 0.15) is 0 Å². The average Bonchev–Trinajstić information content (AvgIpc) is 3.07. The molecule has 0 aliphatic heterocycles. The molecule has 0 unspecified atom stereocenters. The van der Waals surface area contributed by atoms with Crippen molar-refractivity contribution in [3.8, 4) is 11.5 Å². The molecule has 0 saturated carbocycles. The van der Waals surface area contributed by atoms with Crippen LogP contribution in [0.5, 0.6) is 11.5 Å². The first-order chi connectivity index (χ1) is 13.1. The normalized spacial score (nSPS) is 10.8. The molecule has 0 aliphatic rings. The van der Waals surface area contributed by atoms with Crippen LogP contribution in [0, 0.1) is 0 Å². The van der Waals surface area contributed by atoms with Crippen LogP contribution in [0.3, 0.4) is 0 Å². The molecule has 0 radical (unpaired) electrons. The molecule has 0 bridgehead atoms. The summed E-state index contributed by atoms with van der Waals surface area (Å²) in [5.41, 5.74) is 4.34. The maximum Gasteiger partial charge on any atom is 0.311 e. The number of ether oxygens (including phenoxy) is 3. The van der Waals surface area contributed by atoms with E-state index in [0.717, 1.165) is 16.5 Å². The smallest absolute Gasteiger partial charge is 0.311 e. The number of halogens is 1. The van der Waals surface area contributed by atoms with Crippen LogP contribution in [0.4, 0.5) is 5.13 Å². The second kappa shape index (κ2) is 10.9. The Kier molecular flexibility index (Phi) is 8.53. The molecule has 0 fully saturated rings. The van der Waals surface area contributed by atoms with Gasteiger partial charge in [-0.25, -0.2) is 4.98 Å². The van der Waals surface area contributed by atoms with E-state index in [4.69, 9.17) is 14.2 Å². The molecule has 27 heavy (non-hydrogen) atoms. The number of hydrazone groups is 1. The van der Waals surface area contributed by atoms with E-state index < -0.39 is 0 Å². The maximum atomic E-state index is 11.5. The fourth-order valence-electron chi connectivity index (χ4n) is 2.12. The Bertz CT molecular complexity index is 795. The lowest BCUT2D eigenvalue weighted by molar-refractivity contribution is -0.142. The van der Waals surface area contributed by atoms with Gasteiger partial charge < -0.3 is 14.2 Å². The molecular weight excluding hydrogens is 434 g/mol. The molecule has 1 aromatic carbocycles. The highest BCUT2D eigenvalue weighted by Gasteiger charge is 2.11. The molecule has 0 amide bonds. The summed E-state index contributed by atoms with van der Waals surface area (Å²) in [7, 11) is 1.60. The van der Waals surface area contributed by atoms with Crippen molar-refractivity contribution in [2.24, 2.45) is 5.10 Å². The van der Waals surface area contributed by atoms with Crippen molar-refractivity contribution in [1.29, 1.82) is 0 Å². The number of thiazole rings is 1. The first kappa shape index (κ1) is 21.2. The number of rotatable bonds is 10. The predicted molar refractivity (Wildman–Crippen MR) is 110 cm³/mol. The summed E-state index contributed by atoms with van der Waals surface area (Å²) in [6.45, 7) is 4.79. The number of nitrogens with zero attached hydrogens (tertiary/aromatic N) is 2. The first-order valence-electron chi connectivity index (χ1n) is 8.46. The zero-order chi connectivity index (χ0) is 19.6. The van der Waals surface area contributed by atoms with Gasteiger partial charge in [-0.2, -0.15) is 5.10 Å². The zero-order valence-corrected chi connectivity index (χ0v) is 17.9. The van der Waals surface area contributed by atoms with Gasteiger partial charge in [0.2, 0.25) is 5.13 Å². The van der Waals surface area contributed by atoms with Crippen LogP contribution >= 0.6 is 27.3 Å². The summed E-state index contributed by atoms with van der Waals surface area (Å²) in [5.74, 6) is 1.01. The summed E-state index contributed by atoms with van der Waals surface area (Å²) in [4.78, 5) is 15.8. The van der Waals surface area contributed by atoms with Crippen molar-refractivity contribution in [2.75, 3.05) is 25.7 Å². The van der Waals surface area contributed by atoms with E-state index in [1.807, 2.05) is 19.1 Å². The topological polar surface area (TPSA) is 82.0 Å². The van der Waals surface area contributed by atoms with Gasteiger partial charge in [0, 0.05) is 5.38 Å². The Labute approximate surface area is 170 Å². The summed E-state index contributed by atoms with van der Waals surface area (Å²) in [6.07, 6.45) is 2.72. The molecule has 146 valence electrons. The maximum absolute atomic E-state index is 11.5. The number of anilines is 1. The van der Waals surface area contributed by atoms with Gasteiger partial charge in [-0.15, -0.1) is 11.3 Å². The lowest BCUT2D eigenvalue weighted by Gasteiger charge is -2.12. The number of aromatic nitrogens is 1. The summed E-state index contributed by atoms with van der Waals surface area (Å²) >= 11 is 4.87. The second-order valence-electron chi connectivity index (χ2n) is 5.38. The van der Waals surface area contributed by atoms with E-state index in [2.05, 4.69) is 31.4 Å². The molecule has 1 N–H and O–H groups in total. The number of hydrogen-bond acceptors (Lipinski definition) is 8. The highest BCUT2D eigenvalue weighted by molar-refractivity contribution is 9.10. The number of benzene rings is 1. The van der Waals surface area contributed by atoms with Gasteiger partial charge in [0.25, 0.3) is 0 Å². The summed E-state index contributed by atoms with van der Waals surface area (Å²) in [6, 6.07) is 3.74. The van der Waals surface area contributed by atoms with Crippen molar-refractivity contribution < 1.29 is 19.0 Å². The van der Waals surface area contributed by atoms with E-state index in [1.165, 1.54) is 11.3 Å². The number of nitrogens with one attached hydrogen (secondary N) is 1. The Hall–Kier alpha value is -2.13. The van der Waals surface area contributed by atoms with Crippen molar-refractivity contribution in [1.82, 2.24) is 4.98 Å². The van der Waals surface area contributed by atoms with Crippen LogP contribution in [-0.2, 0) is 16.0 Å². The third-order valence-electron chi connectivity index (χ3n) is 3.26. The minimum Gasteiger partial charge on any atom is -0.493 e. The number of carbonyl (C=O) groups excluding carboxylic acids is 1. The standard InChI is InChI=1S/C18H22BrN3O4S/c1-4-6-26-17-14(19)7-12(8-15(17)24-3)10-20-22-18-21-13(11-27-18)9-16(23)25-5-2/h7-8,10-11H,4-6,9H2,1-3H3,(H,21,22). The second-order valence-corrected chi connectivity index (χ2v) is 7.09. The molecule has 7 nitrogen and oxygen atoms in total. The van der Waals surface area contributed by atoms with Crippen molar-refractivity contribution in [3.05, 3.63) is 33.2 Å². The molecule has 9 heteroatoms. The van der Waals surface area contributed by atoms with Crippen LogP contribution in [0.15, 0.2) is 27.1 Å². The number of methoxy groups -OCH3 is 1. The van der Waals surface area contributed by atoms with Crippen LogP contribution in [0.2, 0.25) is 0 Å². The summed E-state index contributed by atoms with van der Waals surface area (Å²) in [5, 5.41) is 6.59. The van der Waals surface area contributed by atoms with E-state index in [9.17, 15) is 4.79 Å². The Morgan fingerprint density at radius 2 is 2.22 bits per heavy atom. The zero-order valence-electron chi connectivity index (χ0n) is 15.5. The van der Waals surface area contributed by atoms with Gasteiger partial charge in [-0.3, -0.25) is 10.2 Å². The highest BCUT2D eigenvalue weighted by Crippen LogP contribution is 2.36. The molecule has 0 atom stereocenters. The van der Waals surface area contributed by atoms with E-state index in [1.54, 1.807) is 25.6 Å². The van der Waals surface area contributed by atoms with Crippen molar-refractivity contribution >= 4 is 44.6 Å². The minimum atomic E-state index is -0.292. The molecule has 2 aromatic rings.